The third kappa shape index (κ3) is 4.89. The van der Waals surface area contributed by atoms with Gasteiger partial charge >= 0.3 is 0 Å². The van der Waals surface area contributed by atoms with Crippen LogP contribution in [0.1, 0.15) is 41.4 Å². The molecule has 16 nitrogen and oxygen atoms in total. The monoisotopic (exact) mass is 374 g/mol. The SMILES string of the molecule is NONC(=O)c1cc(C(=O)NON)c(C(=O)NON)cc1C(=O)NON. The van der Waals surface area contributed by atoms with Crippen molar-refractivity contribution in [1.29, 1.82) is 0 Å². The second kappa shape index (κ2) is 9.93. The van der Waals surface area contributed by atoms with E-state index in [1.165, 1.54) is 0 Å². The molecule has 0 atom stereocenters. The molecule has 12 N–H and O–H groups in total. The average molecular weight is 374 g/mol. The first kappa shape index (κ1) is 20.8. The number of rotatable bonds is 8. The highest BCUT2D eigenvalue weighted by Crippen LogP contribution is 2.19. The van der Waals surface area contributed by atoms with E-state index >= 15 is 0 Å². The maximum atomic E-state index is 12.0. The second-order valence-electron chi connectivity index (χ2n) is 4.14. The molecule has 0 saturated carbocycles. The highest BCUT2D eigenvalue weighted by atomic mass is 16.8. The summed E-state index contributed by atoms with van der Waals surface area (Å²) in [6.45, 7) is 0. The lowest BCUT2D eigenvalue weighted by molar-refractivity contribution is 0.0271. The summed E-state index contributed by atoms with van der Waals surface area (Å²) in [5.41, 5.74) is 5.06. The summed E-state index contributed by atoms with van der Waals surface area (Å²) in [4.78, 5) is 63.9. The highest BCUT2D eigenvalue weighted by molar-refractivity contribution is 6.13. The third-order valence-electron chi connectivity index (χ3n) is 2.74. The van der Waals surface area contributed by atoms with Crippen molar-refractivity contribution in [2.24, 2.45) is 23.6 Å². The number of nitrogens with one attached hydrogen (secondary N) is 4. The predicted octanol–water partition coefficient (Wildman–Crippen LogP) is -4.17. The molecule has 0 radical (unpaired) electrons. The van der Waals surface area contributed by atoms with Gasteiger partial charge in [-0.25, -0.2) is 21.9 Å². The van der Waals surface area contributed by atoms with Crippen molar-refractivity contribution in [2.75, 3.05) is 0 Å². The van der Waals surface area contributed by atoms with E-state index in [9.17, 15) is 19.2 Å². The van der Waals surface area contributed by atoms with E-state index in [1.807, 2.05) is 0 Å². The smallest absolute Gasteiger partial charge is 0.267 e. The van der Waals surface area contributed by atoms with Crippen LogP contribution in [-0.4, -0.2) is 23.6 Å². The van der Waals surface area contributed by atoms with Crippen LogP contribution in [0.5, 0.6) is 0 Å². The van der Waals surface area contributed by atoms with Gasteiger partial charge in [0.25, 0.3) is 23.6 Å². The number of carbonyl (C=O) groups excluding carboxylic acids is 4. The predicted molar refractivity (Wildman–Crippen MR) is 77.4 cm³/mol. The zero-order chi connectivity index (χ0) is 19.7. The Hall–Kier alpha value is -3.22. The lowest BCUT2D eigenvalue weighted by Gasteiger charge is -2.14. The molecule has 0 saturated heterocycles. The van der Waals surface area contributed by atoms with E-state index in [2.05, 4.69) is 19.8 Å². The maximum Gasteiger partial charge on any atom is 0.277 e. The van der Waals surface area contributed by atoms with Crippen LogP contribution in [0.2, 0.25) is 0 Å². The van der Waals surface area contributed by atoms with Gasteiger partial charge in [-0.05, 0) is 12.1 Å². The molecule has 0 spiro atoms. The van der Waals surface area contributed by atoms with Crippen molar-refractivity contribution in [3.05, 3.63) is 34.4 Å². The zero-order valence-electron chi connectivity index (χ0n) is 12.7. The average Bonchev–Trinajstić information content (AvgIpc) is 2.61. The molecule has 1 aromatic carbocycles. The fraction of sp³-hybridized carbons (Fsp3) is 0. The second-order valence-corrected chi connectivity index (χ2v) is 4.14. The van der Waals surface area contributed by atoms with Gasteiger partial charge in [-0.2, -0.15) is 43.3 Å². The summed E-state index contributed by atoms with van der Waals surface area (Å²) in [5.74, 6) is 14.7. The third-order valence-corrected chi connectivity index (χ3v) is 2.74. The van der Waals surface area contributed by atoms with E-state index in [1.54, 1.807) is 21.9 Å². The van der Waals surface area contributed by atoms with Gasteiger partial charge in [0.1, 0.15) is 0 Å². The molecule has 16 heteroatoms. The molecule has 1 aromatic rings. The molecule has 0 fully saturated rings. The Kier molecular flexibility index (Phi) is 7.95. The number of carbonyl (C=O) groups is 4. The molecule has 0 unspecified atom stereocenters. The Bertz CT molecular complexity index is 596. The quantitative estimate of drug-likeness (QED) is 0.201. The number of hydroxylamine groups is 4. The Morgan fingerprint density at radius 1 is 0.538 bits per heavy atom. The van der Waals surface area contributed by atoms with Gasteiger partial charge in [-0.3, -0.25) is 19.2 Å². The largest absolute Gasteiger partial charge is 0.277 e. The fourth-order valence-corrected chi connectivity index (χ4v) is 1.79. The Morgan fingerprint density at radius 3 is 0.885 bits per heavy atom. The normalized spacial score (nSPS) is 10.0. The Morgan fingerprint density at radius 2 is 0.731 bits per heavy atom. The van der Waals surface area contributed by atoms with Crippen molar-refractivity contribution in [3.8, 4) is 0 Å². The van der Waals surface area contributed by atoms with Crippen molar-refractivity contribution >= 4 is 23.6 Å². The van der Waals surface area contributed by atoms with E-state index in [4.69, 9.17) is 23.6 Å². The number of hydrogen-bond acceptors (Lipinski definition) is 12. The highest BCUT2D eigenvalue weighted by Gasteiger charge is 2.26. The lowest BCUT2D eigenvalue weighted by atomic mass is 9.96. The molecule has 4 amide bonds. The topological polar surface area (TPSA) is 257 Å². The minimum atomic E-state index is -1.06. The molecule has 1 rings (SSSR count). The van der Waals surface area contributed by atoms with Gasteiger partial charge in [-0.1, -0.05) is 0 Å². The van der Waals surface area contributed by atoms with Gasteiger partial charge in [0.15, 0.2) is 0 Å². The van der Waals surface area contributed by atoms with E-state index in [0.29, 0.717) is 0 Å². The van der Waals surface area contributed by atoms with Crippen LogP contribution in [0.25, 0.3) is 0 Å². The van der Waals surface area contributed by atoms with Crippen LogP contribution in [0, 0.1) is 0 Å². The van der Waals surface area contributed by atoms with Gasteiger partial charge in [0, 0.05) is 0 Å². The van der Waals surface area contributed by atoms with Crippen LogP contribution in [-0.2, 0) is 19.8 Å². The lowest BCUT2D eigenvalue weighted by Crippen LogP contribution is -2.36. The van der Waals surface area contributed by atoms with E-state index in [-0.39, 0.29) is 0 Å². The Balaban J connectivity index is 3.63. The molecule has 0 bridgehead atoms. The zero-order valence-corrected chi connectivity index (χ0v) is 12.7. The summed E-state index contributed by atoms with van der Waals surface area (Å²) in [6, 6.07) is 1.67. The van der Waals surface area contributed by atoms with Crippen molar-refractivity contribution in [3.63, 3.8) is 0 Å². The summed E-state index contributed by atoms with van der Waals surface area (Å²) in [5, 5.41) is 0. The summed E-state index contributed by atoms with van der Waals surface area (Å²) in [6.07, 6.45) is 0. The number of nitrogens with two attached hydrogens (primary N) is 4. The molecule has 0 heterocycles. The first-order valence-corrected chi connectivity index (χ1v) is 6.23. The number of amides is 4. The van der Waals surface area contributed by atoms with Gasteiger partial charge in [0.2, 0.25) is 0 Å². The minimum Gasteiger partial charge on any atom is -0.267 e. The molecule has 142 valence electrons. The molecule has 0 aromatic heterocycles. The fourth-order valence-electron chi connectivity index (χ4n) is 1.79. The van der Waals surface area contributed by atoms with E-state index in [0.717, 1.165) is 12.1 Å². The van der Waals surface area contributed by atoms with Gasteiger partial charge < -0.3 is 0 Å². The Labute approximate surface area is 143 Å². The molecule has 0 aliphatic rings. The van der Waals surface area contributed by atoms with Crippen molar-refractivity contribution < 1.29 is 38.9 Å². The van der Waals surface area contributed by atoms with Crippen LogP contribution < -0.4 is 45.5 Å². The van der Waals surface area contributed by atoms with Crippen LogP contribution in [0.3, 0.4) is 0 Å². The first-order chi connectivity index (χ1) is 12.4. The molecule has 0 aliphatic carbocycles. The summed E-state index contributed by atoms with van der Waals surface area (Å²) < 4.78 is 0. The standard InChI is InChI=1S/C10H14N8O8/c11-23-15-7(19)3-1-4(8(20)16-24-12)6(10(22)18-26-14)2-5(3)9(21)17-25-13/h1-2H,11-14H2,(H,15,19)(H,16,20)(H,17,21)(H,18,22). The van der Waals surface area contributed by atoms with Crippen molar-refractivity contribution in [1.82, 2.24) is 21.9 Å². The number of benzene rings is 1. The maximum absolute atomic E-state index is 12.0. The summed E-state index contributed by atoms with van der Waals surface area (Å²) in [7, 11) is 0. The van der Waals surface area contributed by atoms with Crippen LogP contribution in [0.15, 0.2) is 12.1 Å². The van der Waals surface area contributed by atoms with Crippen LogP contribution >= 0.6 is 0 Å². The summed E-state index contributed by atoms with van der Waals surface area (Å²) >= 11 is 0. The molecule has 26 heavy (non-hydrogen) atoms. The van der Waals surface area contributed by atoms with E-state index < -0.39 is 45.9 Å². The number of hydrogen-bond donors (Lipinski definition) is 8. The molecular weight excluding hydrogens is 360 g/mol. The first-order valence-electron chi connectivity index (χ1n) is 6.23. The van der Waals surface area contributed by atoms with Crippen LogP contribution in [0.4, 0.5) is 0 Å². The molecular formula is C10H14N8O8. The van der Waals surface area contributed by atoms with Gasteiger partial charge in [-0.15, -0.1) is 0 Å². The molecule has 0 aliphatic heterocycles. The minimum absolute atomic E-state index is 0.461. The van der Waals surface area contributed by atoms with Crippen molar-refractivity contribution in [2.45, 2.75) is 0 Å². The van der Waals surface area contributed by atoms with Gasteiger partial charge in [0.05, 0.1) is 22.3 Å².